The van der Waals surface area contributed by atoms with Crippen molar-refractivity contribution in [3.63, 3.8) is 0 Å². The molecule has 0 radical (unpaired) electrons. The molecule has 0 aliphatic rings. The van der Waals surface area contributed by atoms with E-state index in [0.29, 0.717) is 17.7 Å². The minimum Gasteiger partial charge on any atom is -0.497 e. The van der Waals surface area contributed by atoms with Crippen molar-refractivity contribution in [2.24, 2.45) is 0 Å². The lowest BCUT2D eigenvalue weighted by Crippen LogP contribution is -2.33. The first-order chi connectivity index (χ1) is 8.21. The number of amides is 1. The van der Waals surface area contributed by atoms with Crippen molar-refractivity contribution in [1.82, 2.24) is 5.32 Å². The van der Waals surface area contributed by atoms with Crippen LogP contribution in [0.2, 0.25) is 0 Å². The highest BCUT2D eigenvalue weighted by Gasteiger charge is 2.12. The van der Waals surface area contributed by atoms with E-state index >= 15 is 0 Å². The van der Waals surface area contributed by atoms with Crippen LogP contribution in [0.1, 0.15) is 30.1 Å². The number of hydrogen-bond acceptors (Lipinski definition) is 3. The summed E-state index contributed by atoms with van der Waals surface area (Å²) in [4.78, 5) is 11.8. The molecule has 1 rings (SSSR count). The number of carbonyl (C=O) groups is 1. The number of carbonyl (C=O) groups excluding carboxylic acids is 1. The predicted octanol–water partition coefficient (Wildman–Crippen LogP) is 2.12. The van der Waals surface area contributed by atoms with Gasteiger partial charge in [-0.1, -0.05) is 19.4 Å². The summed E-state index contributed by atoms with van der Waals surface area (Å²) in [6.07, 6.45) is 1.52. The molecule has 1 N–H and O–H groups in total. The van der Waals surface area contributed by atoms with Gasteiger partial charge >= 0.3 is 0 Å². The van der Waals surface area contributed by atoms with Crippen molar-refractivity contribution in [3.05, 3.63) is 29.8 Å². The van der Waals surface area contributed by atoms with Crippen LogP contribution in [0.15, 0.2) is 24.3 Å². The van der Waals surface area contributed by atoms with Crippen molar-refractivity contribution in [2.45, 2.75) is 25.8 Å². The zero-order valence-corrected chi connectivity index (χ0v) is 10.1. The molecule has 0 aromatic heterocycles. The third-order valence-electron chi connectivity index (χ3n) is 2.37. The number of methoxy groups -OCH3 is 1. The van der Waals surface area contributed by atoms with Crippen molar-refractivity contribution in [3.8, 4) is 11.8 Å². The first-order valence-corrected chi connectivity index (χ1v) is 5.55. The van der Waals surface area contributed by atoms with E-state index < -0.39 is 6.04 Å². The standard InChI is InChI=1S/C13H16N2O2/c1-3-5-11(9-14)15-13(16)10-6-4-7-12(8-10)17-2/h4,6-8,11H,3,5H2,1-2H3,(H,15,16). The Hall–Kier alpha value is -2.02. The molecule has 1 unspecified atom stereocenters. The van der Waals surface area contributed by atoms with Crippen LogP contribution in [0.5, 0.6) is 5.75 Å². The van der Waals surface area contributed by atoms with Crippen LogP contribution in [-0.2, 0) is 0 Å². The topological polar surface area (TPSA) is 62.1 Å². The zero-order chi connectivity index (χ0) is 12.7. The Bertz CT molecular complexity index is 424. The first kappa shape index (κ1) is 13.0. The van der Waals surface area contributed by atoms with Gasteiger partial charge in [0.05, 0.1) is 13.2 Å². The Balaban J connectivity index is 2.72. The molecule has 90 valence electrons. The van der Waals surface area contributed by atoms with Crippen LogP contribution < -0.4 is 10.1 Å². The summed E-state index contributed by atoms with van der Waals surface area (Å²) in [5, 5.41) is 11.5. The maximum atomic E-state index is 11.8. The fraction of sp³-hybridized carbons (Fsp3) is 0.385. The van der Waals surface area contributed by atoms with Gasteiger partial charge in [0.1, 0.15) is 11.8 Å². The van der Waals surface area contributed by atoms with Crippen LogP contribution in [-0.4, -0.2) is 19.1 Å². The second-order valence-corrected chi connectivity index (χ2v) is 3.68. The number of nitrogens with one attached hydrogen (secondary N) is 1. The zero-order valence-electron chi connectivity index (χ0n) is 10.1. The molecule has 0 spiro atoms. The lowest BCUT2D eigenvalue weighted by atomic mass is 10.1. The van der Waals surface area contributed by atoms with Crippen molar-refractivity contribution in [2.75, 3.05) is 7.11 Å². The third kappa shape index (κ3) is 3.80. The molecule has 4 heteroatoms. The lowest BCUT2D eigenvalue weighted by Gasteiger charge is -2.10. The van der Waals surface area contributed by atoms with Gasteiger partial charge in [-0.05, 0) is 24.6 Å². The molecule has 0 saturated carbocycles. The van der Waals surface area contributed by atoms with Gasteiger partial charge < -0.3 is 10.1 Å². The van der Waals surface area contributed by atoms with E-state index in [2.05, 4.69) is 11.4 Å². The maximum Gasteiger partial charge on any atom is 0.252 e. The molecule has 0 heterocycles. The van der Waals surface area contributed by atoms with Gasteiger partial charge in [-0.3, -0.25) is 4.79 Å². The molecule has 1 aromatic carbocycles. The van der Waals surface area contributed by atoms with Crippen molar-refractivity contribution < 1.29 is 9.53 Å². The molecule has 1 aromatic rings. The summed E-state index contributed by atoms with van der Waals surface area (Å²) in [5.74, 6) is 0.380. The highest BCUT2D eigenvalue weighted by atomic mass is 16.5. The van der Waals surface area contributed by atoms with Crippen LogP contribution in [0.3, 0.4) is 0 Å². The number of ether oxygens (including phenoxy) is 1. The van der Waals surface area contributed by atoms with E-state index in [1.807, 2.05) is 6.92 Å². The number of nitriles is 1. The van der Waals surface area contributed by atoms with E-state index in [1.165, 1.54) is 0 Å². The van der Waals surface area contributed by atoms with Crippen LogP contribution in [0.25, 0.3) is 0 Å². The summed E-state index contributed by atoms with van der Waals surface area (Å²) in [6.45, 7) is 1.97. The van der Waals surface area contributed by atoms with Crippen molar-refractivity contribution in [1.29, 1.82) is 5.26 Å². The van der Waals surface area contributed by atoms with E-state index in [4.69, 9.17) is 10.00 Å². The fourth-order valence-electron chi connectivity index (χ4n) is 1.46. The van der Waals surface area contributed by atoms with E-state index in [-0.39, 0.29) is 5.91 Å². The normalized spacial score (nSPS) is 11.4. The summed E-state index contributed by atoms with van der Waals surface area (Å²) < 4.78 is 5.04. The number of benzene rings is 1. The Kier molecular flexibility index (Phi) is 5.02. The second-order valence-electron chi connectivity index (χ2n) is 3.68. The summed E-state index contributed by atoms with van der Waals surface area (Å²) in [7, 11) is 1.55. The van der Waals surface area contributed by atoms with E-state index in [9.17, 15) is 4.79 Å². The Labute approximate surface area is 101 Å². The quantitative estimate of drug-likeness (QED) is 0.845. The van der Waals surface area contributed by atoms with Gasteiger partial charge in [0.15, 0.2) is 0 Å². The minimum atomic E-state index is -0.432. The fourth-order valence-corrected chi connectivity index (χ4v) is 1.46. The minimum absolute atomic E-state index is 0.246. The molecule has 0 aliphatic carbocycles. The highest BCUT2D eigenvalue weighted by molar-refractivity contribution is 5.94. The van der Waals surface area contributed by atoms with Gasteiger partial charge in [0, 0.05) is 5.56 Å². The smallest absolute Gasteiger partial charge is 0.252 e. The largest absolute Gasteiger partial charge is 0.497 e. The van der Waals surface area contributed by atoms with E-state index in [1.54, 1.807) is 31.4 Å². The molecule has 1 amide bonds. The van der Waals surface area contributed by atoms with E-state index in [0.717, 1.165) is 6.42 Å². The van der Waals surface area contributed by atoms with Gasteiger partial charge in [0.2, 0.25) is 0 Å². The molecular weight excluding hydrogens is 216 g/mol. The van der Waals surface area contributed by atoms with Crippen LogP contribution in [0, 0.1) is 11.3 Å². The predicted molar refractivity (Wildman–Crippen MR) is 64.8 cm³/mol. The SMILES string of the molecule is CCCC(C#N)NC(=O)c1cccc(OC)c1. The van der Waals surface area contributed by atoms with Gasteiger partial charge in [-0.15, -0.1) is 0 Å². The second kappa shape index (κ2) is 6.54. The summed E-state index contributed by atoms with van der Waals surface area (Å²) >= 11 is 0. The average molecular weight is 232 g/mol. The Morgan fingerprint density at radius 3 is 2.94 bits per heavy atom. The third-order valence-corrected chi connectivity index (χ3v) is 2.37. The lowest BCUT2D eigenvalue weighted by molar-refractivity contribution is 0.0943. The van der Waals surface area contributed by atoms with Crippen molar-refractivity contribution >= 4 is 5.91 Å². The van der Waals surface area contributed by atoms with Crippen LogP contribution >= 0.6 is 0 Å². The summed E-state index contributed by atoms with van der Waals surface area (Å²) in [6, 6.07) is 8.49. The molecule has 1 atom stereocenters. The maximum absolute atomic E-state index is 11.8. The molecular formula is C13H16N2O2. The first-order valence-electron chi connectivity index (χ1n) is 5.55. The average Bonchev–Trinajstić information content (AvgIpc) is 2.38. The summed E-state index contributed by atoms with van der Waals surface area (Å²) in [5.41, 5.74) is 0.501. The van der Waals surface area contributed by atoms with Gasteiger partial charge in [-0.2, -0.15) is 5.26 Å². The molecule has 4 nitrogen and oxygen atoms in total. The molecule has 0 saturated heterocycles. The molecule has 17 heavy (non-hydrogen) atoms. The molecule has 0 bridgehead atoms. The van der Waals surface area contributed by atoms with Crippen LogP contribution in [0.4, 0.5) is 0 Å². The number of nitrogens with zero attached hydrogens (tertiary/aromatic N) is 1. The number of rotatable bonds is 5. The highest BCUT2D eigenvalue weighted by Crippen LogP contribution is 2.12. The Morgan fingerprint density at radius 1 is 1.59 bits per heavy atom. The van der Waals surface area contributed by atoms with Gasteiger partial charge in [0.25, 0.3) is 5.91 Å². The Morgan fingerprint density at radius 2 is 2.35 bits per heavy atom. The molecule has 0 aliphatic heterocycles. The monoisotopic (exact) mass is 232 g/mol. The van der Waals surface area contributed by atoms with Gasteiger partial charge in [-0.25, -0.2) is 0 Å². The molecule has 0 fully saturated rings. The number of hydrogen-bond donors (Lipinski definition) is 1.